The van der Waals surface area contributed by atoms with Crippen molar-refractivity contribution in [1.82, 2.24) is 24.4 Å². The molecule has 112 valence electrons. The zero-order chi connectivity index (χ0) is 14.7. The van der Waals surface area contributed by atoms with Crippen molar-refractivity contribution in [3.8, 4) is 5.88 Å². The van der Waals surface area contributed by atoms with E-state index in [2.05, 4.69) is 36.8 Å². The van der Waals surface area contributed by atoms with Gasteiger partial charge in [-0.3, -0.25) is 0 Å². The van der Waals surface area contributed by atoms with Crippen LogP contribution in [0.3, 0.4) is 0 Å². The first-order valence-electron chi connectivity index (χ1n) is 7.08. The van der Waals surface area contributed by atoms with Gasteiger partial charge in [-0.05, 0) is 7.05 Å². The number of fused-ring (bicyclic) bond motifs is 1. The van der Waals surface area contributed by atoms with Gasteiger partial charge in [0.05, 0.1) is 25.5 Å². The van der Waals surface area contributed by atoms with Gasteiger partial charge in [-0.2, -0.15) is 0 Å². The smallest absolute Gasteiger partial charge is 0.218 e. The molecule has 7 heteroatoms. The van der Waals surface area contributed by atoms with Crippen LogP contribution in [0, 0.1) is 0 Å². The minimum Gasteiger partial charge on any atom is -0.481 e. The number of likely N-dealkylation sites (N-methyl/N-ethyl adjacent to an activating group) is 1. The molecular weight excluding hydrogens is 268 g/mol. The number of nitrogens with one attached hydrogen (secondary N) is 1. The second kappa shape index (κ2) is 6.09. The summed E-state index contributed by atoms with van der Waals surface area (Å²) in [7, 11) is 3.75. The third kappa shape index (κ3) is 3.13. The summed E-state index contributed by atoms with van der Waals surface area (Å²) in [6.45, 7) is 3.79. The number of methoxy groups -OCH3 is 1. The maximum atomic E-state index is 5.10. The number of aromatic nitrogens is 4. The van der Waals surface area contributed by atoms with Crippen LogP contribution in [0.2, 0.25) is 0 Å². The number of anilines is 1. The van der Waals surface area contributed by atoms with Crippen LogP contribution < -0.4 is 10.1 Å². The van der Waals surface area contributed by atoms with Gasteiger partial charge in [-0.15, -0.1) is 0 Å². The van der Waals surface area contributed by atoms with E-state index < -0.39 is 0 Å². The summed E-state index contributed by atoms with van der Waals surface area (Å²) in [5, 5.41) is 3.30. The summed E-state index contributed by atoms with van der Waals surface area (Å²) in [5.41, 5.74) is 1.18. The van der Waals surface area contributed by atoms with Gasteiger partial charge in [0.25, 0.3) is 0 Å². The van der Waals surface area contributed by atoms with Gasteiger partial charge in [0.1, 0.15) is 18.0 Å². The topological polar surface area (TPSA) is 68.1 Å². The molecule has 7 nitrogen and oxygen atoms in total. The van der Waals surface area contributed by atoms with Crippen molar-refractivity contribution in [1.29, 1.82) is 0 Å². The predicted molar refractivity (Wildman–Crippen MR) is 79.3 cm³/mol. The molecule has 0 bridgehead atoms. The van der Waals surface area contributed by atoms with E-state index in [-0.39, 0.29) is 0 Å². The first-order valence-corrected chi connectivity index (χ1v) is 7.08. The normalized spacial score (nSPS) is 15.3. The van der Waals surface area contributed by atoms with E-state index in [0.717, 1.165) is 37.7 Å². The summed E-state index contributed by atoms with van der Waals surface area (Å²) in [6, 6.07) is 1.79. The fourth-order valence-corrected chi connectivity index (χ4v) is 2.47. The summed E-state index contributed by atoms with van der Waals surface area (Å²) in [5.74, 6) is 2.47. The lowest BCUT2D eigenvalue weighted by Crippen LogP contribution is -2.22. The predicted octanol–water partition coefficient (Wildman–Crippen LogP) is 0.782. The Hall–Kier alpha value is -2.15. The van der Waals surface area contributed by atoms with Gasteiger partial charge >= 0.3 is 0 Å². The molecule has 0 atom stereocenters. The fraction of sp³-hybridized carbons (Fsp3) is 0.500. The lowest BCUT2D eigenvalue weighted by Gasteiger charge is -2.13. The Bertz CT molecular complexity index is 611. The van der Waals surface area contributed by atoms with Crippen LogP contribution in [-0.2, 0) is 19.5 Å². The molecule has 2 aromatic rings. The van der Waals surface area contributed by atoms with Crippen LogP contribution in [0.15, 0.2) is 18.6 Å². The van der Waals surface area contributed by atoms with Gasteiger partial charge in [-0.25, -0.2) is 15.0 Å². The molecule has 0 unspecified atom stereocenters. The highest BCUT2D eigenvalue weighted by atomic mass is 16.5. The molecule has 21 heavy (non-hydrogen) atoms. The van der Waals surface area contributed by atoms with Gasteiger partial charge < -0.3 is 19.5 Å². The average molecular weight is 288 g/mol. The quantitative estimate of drug-likeness (QED) is 0.897. The molecular formula is C14H20N6O. The third-order valence-corrected chi connectivity index (χ3v) is 3.75. The Morgan fingerprint density at radius 3 is 3.00 bits per heavy atom. The second-order valence-corrected chi connectivity index (χ2v) is 5.17. The SMILES string of the molecule is COc1cc(NCc2cnc3n2CCN(C)CC3)ncn1. The van der Waals surface area contributed by atoms with Crippen molar-refractivity contribution in [3.05, 3.63) is 30.1 Å². The Balaban J connectivity index is 1.70. The van der Waals surface area contributed by atoms with Gasteiger partial charge in [0.15, 0.2) is 0 Å². The number of hydrogen-bond acceptors (Lipinski definition) is 6. The molecule has 0 saturated carbocycles. The number of imidazole rings is 1. The zero-order valence-corrected chi connectivity index (χ0v) is 12.4. The van der Waals surface area contributed by atoms with Gasteiger partial charge in [-0.1, -0.05) is 0 Å². The zero-order valence-electron chi connectivity index (χ0n) is 12.4. The highest BCUT2D eigenvalue weighted by Crippen LogP contribution is 2.14. The molecule has 0 aliphatic carbocycles. The van der Waals surface area contributed by atoms with Crippen LogP contribution in [-0.4, -0.2) is 51.7 Å². The number of hydrogen-bond donors (Lipinski definition) is 1. The van der Waals surface area contributed by atoms with Crippen LogP contribution >= 0.6 is 0 Å². The van der Waals surface area contributed by atoms with Crippen LogP contribution in [0.5, 0.6) is 5.88 Å². The van der Waals surface area contributed by atoms with E-state index in [9.17, 15) is 0 Å². The molecule has 1 N–H and O–H groups in total. The highest BCUT2D eigenvalue weighted by Gasteiger charge is 2.15. The Morgan fingerprint density at radius 1 is 1.24 bits per heavy atom. The molecule has 1 aliphatic rings. The van der Waals surface area contributed by atoms with Crippen molar-refractivity contribution in [2.45, 2.75) is 19.5 Å². The minimum absolute atomic E-state index is 0.557. The lowest BCUT2D eigenvalue weighted by molar-refractivity contribution is 0.340. The van der Waals surface area contributed by atoms with Gasteiger partial charge in [0, 0.05) is 32.1 Å². The average Bonchev–Trinajstić information content (AvgIpc) is 2.81. The molecule has 0 aromatic carbocycles. The number of nitrogens with zero attached hydrogens (tertiary/aromatic N) is 5. The highest BCUT2D eigenvalue weighted by molar-refractivity contribution is 5.37. The Morgan fingerprint density at radius 2 is 2.14 bits per heavy atom. The lowest BCUT2D eigenvalue weighted by atomic mass is 10.4. The van der Waals surface area contributed by atoms with E-state index >= 15 is 0 Å². The molecule has 0 fully saturated rings. The largest absolute Gasteiger partial charge is 0.481 e. The molecule has 3 rings (SSSR count). The Kier molecular flexibility index (Phi) is 4.01. The third-order valence-electron chi connectivity index (χ3n) is 3.75. The summed E-state index contributed by atoms with van der Waals surface area (Å²) >= 11 is 0. The molecule has 3 heterocycles. The van der Waals surface area contributed by atoms with Gasteiger partial charge in [0.2, 0.25) is 5.88 Å². The maximum Gasteiger partial charge on any atom is 0.218 e. The number of ether oxygens (including phenoxy) is 1. The van der Waals surface area contributed by atoms with E-state index in [1.54, 1.807) is 13.2 Å². The van der Waals surface area contributed by atoms with Crippen molar-refractivity contribution in [2.75, 3.05) is 32.6 Å². The summed E-state index contributed by atoms with van der Waals surface area (Å²) in [4.78, 5) is 15.1. The monoisotopic (exact) mass is 288 g/mol. The summed E-state index contributed by atoms with van der Waals surface area (Å²) in [6.07, 6.45) is 4.44. The molecule has 0 saturated heterocycles. The van der Waals surface area contributed by atoms with Crippen LogP contribution in [0.4, 0.5) is 5.82 Å². The molecule has 0 spiro atoms. The first-order chi connectivity index (χ1) is 10.3. The molecule has 2 aromatic heterocycles. The Labute approximate surface area is 124 Å². The van der Waals surface area contributed by atoms with Crippen molar-refractivity contribution in [3.63, 3.8) is 0 Å². The summed E-state index contributed by atoms with van der Waals surface area (Å²) < 4.78 is 7.40. The standard InChI is InChI=1S/C14H20N6O/c1-19-4-3-13-16-9-11(20(13)6-5-19)8-15-12-7-14(21-2)18-10-17-12/h7,9-10H,3-6,8H2,1-2H3,(H,15,17,18). The minimum atomic E-state index is 0.557. The van der Waals surface area contributed by atoms with Crippen LogP contribution in [0.1, 0.15) is 11.5 Å². The van der Waals surface area contributed by atoms with E-state index in [1.807, 2.05) is 6.20 Å². The molecule has 1 aliphatic heterocycles. The van der Waals surface area contributed by atoms with Crippen LogP contribution in [0.25, 0.3) is 0 Å². The van der Waals surface area contributed by atoms with Crippen molar-refractivity contribution >= 4 is 5.82 Å². The van der Waals surface area contributed by atoms with E-state index in [4.69, 9.17) is 4.74 Å². The fourth-order valence-electron chi connectivity index (χ4n) is 2.47. The van der Waals surface area contributed by atoms with E-state index in [0.29, 0.717) is 12.4 Å². The maximum absolute atomic E-state index is 5.10. The first kappa shape index (κ1) is 13.8. The van der Waals surface area contributed by atoms with Crippen molar-refractivity contribution < 1.29 is 4.74 Å². The molecule has 0 radical (unpaired) electrons. The second-order valence-electron chi connectivity index (χ2n) is 5.17. The molecule has 0 amide bonds. The van der Waals surface area contributed by atoms with Crippen molar-refractivity contribution in [2.24, 2.45) is 0 Å². The van der Waals surface area contributed by atoms with E-state index in [1.165, 1.54) is 12.0 Å². The number of rotatable bonds is 4.